The molecule has 208 valence electrons. The first kappa shape index (κ1) is 26.3. The number of nitrogens with one attached hydrogen (secondary N) is 3. The van der Waals surface area contributed by atoms with Crippen LogP contribution in [0.25, 0.3) is 44.2 Å². The Morgan fingerprint density at radius 3 is 2.44 bits per heavy atom. The molecule has 1 aliphatic heterocycles. The van der Waals surface area contributed by atoms with E-state index in [9.17, 15) is 9.59 Å². The fraction of sp³-hybridized carbons (Fsp3) is 0.250. The Morgan fingerprint density at radius 2 is 1.73 bits per heavy atom. The lowest BCUT2D eigenvalue weighted by atomic mass is 9.99. The van der Waals surface area contributed by atoms with Gasteiger partial charge in [-0.2, -0.15) is 0 Å². The Kier molecular flexibility index (Phi) is 6.78. The molecule has 9 heteroatoms. The van der Waals surface area contributed by atoms with Crippen molar-refractivity contribution >= 4 is 33.8 Å². The van der Waals surface area contributed by atoms with Crippen LogP contribution in [-0.2, 0) is 9.53 Å². The number of nitrogens with zero attached hydrogens (tertiary/aromatic N) is 3. The molecule has 0 fully saturated rings. The van der Waals surface area contributed by atoms with Crippen LogP contribution < -0.4 is 5.32 Å². The Morgan fingerprint density at radius 1 is 1.02 bits per heavy atom. The van der Waals surface area contributed by atoms with Gasteiger partial charge >= 0.3 is 6.09 Å². The van der Waals surface area contributed by atoms with Crippen molar-refractivity contribution in [1.29, 1.82) is 0 Å². The molecule has 0 aliphatic carbocycles. The van der Waals surface area contributed by atoms with Gasteiger partial charge in [-0.05, 0) is 59.0 Å². The molecule has 9 nitrogen and oxygen atoms in total. The number of imidazole rings is 2. The zero-order chi connectivity index (χ0) is 28.7. The quantitative estimate of drug-likeness (QED) is 0.226. The van der Waals surface area contributed by atoms with E-state index in [0.717, 1.165) is 49.8 Å². The average molecular weight is 549 g/mol. The van der Waals surface area contributed by atoms with Gasteiger partial charge in [0.05, 0.1) is 36.4 Å². The second kappa shape index (κ2) is 10.6. The van der Waals surface area contributed by atoms with Crippen LogP contribution in [0.15, 0.2) is 78.8 Å². The highest BCUT2D eigenvalue weighted by Crippen LogP contribution is 2.33. The molecule has 6 rings (SSSR count). The van der Waals surface area contributed by atoms with Crippen LogP contribution in [0.4, 0.5) is 4.79 Å². The van der Waals surface area contributed by atoms with E-state index < -0.39 is 12.1 Å². The molecule has 5 aromatic rings. The third kappa shape index (κ3) is 5.06. The number of hydrogen-bond donors (Lipinski definition) is 3. The van der Waals surface area contributed by atoms with E-state index in [2.05, 4.69) is 68.8 Å². The van der Waals surface area contributed by atoms with Crippen molar-refractivity contribution in [3.8, 4) is 22.4 Å². The Hall–Kier alpha value is -4.92. The molecule has 3 aromatic carbocycles. The van der Waals surface area contributed by atoms with E-state index in [1.165, 1.54) is 7.11 Å². The van der Waals surface area contributed by atoms with Crippen molar-refractivity contribution in [3.05, 3.63) is 84.6 Å². The number of aromatic amines is 2. The van der Waals surface area contributed by atoms with Crippen molar-refractivity contribution < 1.29 is 14.3 Å². The van der Waals surface area contributed by atoms with Gasteiger partial charge in [-0.25, -0.2) is 14.8 Å². The number of benzene rings is 3. The number of alkyl carbamates (subject to hydrolysis) is 1. The third-order valence-corrected chi connectivity index (χ3v) is 7.64. The van der Waals surface area contributed by atoms with Crippen LogP contribution in [0.1, 0.15) is 32.6 Å². The first-order valence-corrected chi connectivity index (χ1v) is 13.7. The maximum Gasteiger partial charge on any atom is 0.407 e. The molecular formula is C32H32N6O3. The van der Waals surface area contributed by atoms with E-state index in [-0.39, 0.29) is 17.9 Å². The normalized spacial score (nSPS) is 15.9. The number of rotatable bonds is 6. The molecule has 0 saturated carbocycles. The summed E-state index contributed by atoms with van der Waals surface area (Å²) in [5, 5.41) is 5.00. The summed E-state index contributed by atoms with van der Waals surface area (Å²) in [6.07, 6.45) is 4.93. The summed E-state index contributed by atoms with van der Waals surface area (Å²) in [6.45, 7) is 6.27. The lowest BCUT2D eigenvalue weighted by molar-refractivity contribution is -0.135. The summed E-state index contributed by atoms with van der Waals surface area (Å²) in [5.41, 5.74) is 7.05. The van der Waals surface area contributed by atoms with Gasteiger partial charge in [0.1, 0.15) is 17.9 Å². The molecular weight excluding hydrogens is 516 g/mol. The monoisotopic (exact) mass is 548 g/mol. The van der Waals surface area contributed by atoms with Crippen molar-refractivity contribution in [1.82, 2.24) is 30.2 Å². The van der Waals surface area contributed by atoms with E-state index in [1.54, 1.807) is 11.2 Å². The van der Waals surface area contributed by atoms with Crippen molar-refractivity contribution in [2.45, 2.75) is 32.9 Å². The molecule has 2 amide bonds. The van der Waals surface area contributed by atoms with E-state index >= 15 is 0 Å². The zero-order valence-corrected chi connectivity index (χ0v) is 23.4. The number of hydrogen-bond acceptors (Lipinski definition) is 5. The summed E-state index contributed by atoms with van der Waals surface area (Å²) in [4.78, 5) is 42.9. The average Bonchev–Trinajstić information content (AvgIpc) is 3.74. The predicted octanol–water partition coefficient (Wildman–Crippen LogP) is 5.98. The molecule has 41 heavy (non-hydrogen) atoms. The number of fused-ring (bicyclic) bond motifs is 2. The fourth-order valence-electron chi connectivity index (χ4n) is 5.45. The van der Waals surface area contributed by atoms with Gasteiger partial charge in [-0.3, -0.25) is 4.79 Å². The van der Waals surface area contributed by atoms with Gasteiger partial charge in [0, 0.05) is 12.1 Å². The summed E-state index contributed by atoms with van der Waals surface area (Å²) in [7, 11) is 1.29. The maximum absolute atomic E-state index is 13.6. The van der Waals surface area contributed by atoms with E-state index in [0.29, 0.717) is 12.4 Å². The Labute approximate surface area is 237 Å². The molecule has 0 saturated heterocycles. The molecule has 2 atom stereocenters. The van der Waals surface area contributed by atoms with Gasteiger partial charge in [0.15, 0.2) is 0 Å². The highest BCUT2D eigenvalue weighted by Gasteiger charge is 2.36. The number of H-pyrrole nitrogens is 2. The lowest BCUT2D eigenvalue weighted by Crippen LogP contribution is -2.51. The minimum absolute atomic E-state index is 0.111. The molecule has 2 aromatic heterocycles. The van der Waals surface area contributed by atoms with E-state index in [1.807, 2.05) is 39.1 Å². The zero-order valence-electron chi connectivity index (χ0n) is 23.4. The topological polar surface area (TPSA) is 116 Å². The summed E-state index contributed by atoms with van der Waals surface area (Å²) >= 11 is 0. The van der Waals surface area contributed by atoms with Gasteiger partial charge in [0.25, 0.3) is 0 Å². The fourth-order valence-corrected chi connectivity index (χ4v) is 5.45. The number of aromatic nitrogens is 4. The SMILES string of the molecule is COC(=O)NC(C(=O)N1CC(C)=CC1c1nc2ccc(-c3ccc4cc(-c5cnc[nH]5)ccc4c3)cc2[nH]1)C(C)C. The minimum Gasteiger partial charge on any atom is -0.453 e. The number of ether oxygens (including phenoxy) is 1. The Balaban J connectivity index is 1.29. The molecule has 3 heterocycles. The molecule has 0 radical (unpaired) electrons. The van der Waals surface area contributed by atoms with Crippen LogP contribution in [0.3, 0.4) is 0 Å². The molecule has 1 aliphatic rings. The third-order valence-electron chi connectivity index (χ3n) is 7.64. The first-order chi connectivity index (χ1) is 19.8. The van der Waals surface area contributed by atoms with Crippen molar-refractivity contribution in [2.24, 2.45) is 5.92 Å². The number of carbonyl (C=O) groups excluding carboxylic acids is 2. The molecule has 3 N–H and O–H groups in total. The van der Waals surface area contributed by atoms with Gasteiger partial charge in [-0.1, -0.05) is 55.8 Å². The molecule has 0 bridgehead atoms. The highest BCUT2D eigenvalue weighted by molar-refractivity contribution is 5.92. The largest absolute Gasteiger partial charge is 0.453 e. The molecule has 2 unspecified atom stereocenters. The number of methoxy groups -OCH3 is 1. The smallest absolute Gasteiger partial charge is 0.407 e. The second-order valence-electron chi connectivity index (χ2n) is 10.9. The van der Waals surface area contributed by atoms with Gasteiger partial charge in [-0.15, -0.1) is 0 Å². The van der Waals surface area contributed by atoms with Crippen LogP contribution in [0.5, 0.6) is 0 Å². The van der Waals surface area contributed by atoms with Crippen LogP contribution in [0, 0.1) is 5.92 Å². The number of amides is 2. The maximum atomic E-state index is 13.6. The Bertz CT molecular complexity index is 1790. The summed E-state index contributed by atoms with van der Waals surface area (Å²) < 4.78 is 4.75. The second-order valence-corrected chi connectivity index (χ2v) is 10.9. The van der Waals surface area contributed by atoms with Crippen LogP contribution in [0.2, 0.25) is 0 Å². The van der Waals surface area contributed by atoms with Gasteiger partial charge < -0.3 is 24.9 Å². The summed E-state index contributed by atoms with van der Waals surface area (Å²) in [5.74, 6) is 0.407. The predicted molar refractivity (Wildman–Crippen MR) is 159 cm³/mol. The van der Waals surface area contributed by atoms with Crippen molar-refractivity contribution in [3.63, 3.8) is 0 Å². The van der Waals surface area contributed by atoms with Crippen LogP contribution in [-0.4, -0.2) is 56.5 Å². The number of carbonyl (C=O) groups is 2. The lowest BCUT2D eigenvalue weighted by Gasteiger charge is -2.30. The first-order valence-electron chi connectivity index (χ1n) is 13.7. The molecule has 0 spiro atoms. The van der Waals surface area contributed by atoms with Crippen LogP contribution >= 0.6 is 0 Å². The minimum atomic E-state index is -0.705. The van der Waals surface area contributed by atoms with Gasteiger partial charge in [0.2, 0.25) is 5.91 Å². The summed E-state index contributed by atoms with van der Waals surface area (Å²) in [6, 6.07) is 17.9. The highest BCUT2D eigenvalue weighted by atomic mass is 16.5. The van der Waals surface area contributed by atoms with E-state index in [4.69, 9.17) is 9.72 Å². The standard InChI is InChI=1S/C32H32N6O3/c1-18(2)29(37-32(40)41-4)31(39)38-16-19(3)11-28(38)30-35-25-10-9-23(14-26(25)36-30)21-5-6-22-13-24(8-7-20(22)12-21)27-15-33-17-34-27/h5-15,17-18,28-29H,16H2,1-4H3,(H,33,34)(H,35,36)(H,37,40). The van der Waals surface area contributed by atoms with Crippen molar-refractivity contribution in [2.75, 3.05) is 13.7 Å².